The first kappa shape index (κ1) is 12.6. The molecule has 0 bridgehead atoms. The number of thiophene rings is 1. The summed E-state index contributed by atoms with van der Waals surface area (Å²) >= 11 is 1.64. The Hall–Kier alpha value is -1.88. The van der Waals surface area contributed by atoms with E-state index < -0.39 is 0 Å². The van der Waals surface area contributed by atoms with E-state index in [0.29, 0.717) is 24.5 Å². The van der Waals surface area contributed by atoms with Crippen LogP contribution in [-0.2, 0) is 6.54 Å². The molecule has 0 aliphatic heterocycles. The fourth-order valence-electron chi connectivity index (χ4n) is 1.66. The lowest BCUT2D eigenvalue weighted by atomic mass is 10.2. The van der Waals surface area contributed by atoms with Crippen molar-refractivity contribution in [3.63, 3.8) is 0 Å². The van der Waals surface area contributed by atoms with Crippen molar-refractivity contribution in [2.45, 2.75) is 13.5 Å². The summed E-state index contributed by atoms with van der Waals surface area (Å²) in [7, 11) is 0. The molecule has 2 aromatic heterocycles. The van der Waals surface area contributed by atoms with Crippen molar-refractivity contribution in [1.82, 2.24) is 9.88 Å². The van der Waals surface area contributed by atoms with Gasteiger partial charge in [0.15, 0.2) is 5.69 Å². The summed E-state index contributed by atoms with van der Waals surface area (Å²) in [6.45, 7) is 3.18. The van der Waals surface area contributed by atoms with Crippen LogP contribution in [0.25, 0.3) is 0 Å². The van der Waals surface area contributed by atoms with Crippen molar-refractivity contribution < 1.29 is 4.79 Å². The molecule has 2 rings (SSSR count). The van der Waals surface area contributed by atoms with Gasteiger partial charge in [0, 0.05) is 17.6 Å². The number of pyridine rings is 1. The smallest absolute Gasteiger partial charge is 0.274 e. The molecule has 4 nitrogen and oxygen atoms in total. The molecule has 0 atom stereocenters. The average molecular weight is 261 g/mol. The second-order valence-corrected chi connectivity index (χ2v) is 4.87. The fraction of sp³-hybridized carbons (Fsp3) is 0.231. The molecular formula is C13H15N3OS. The van der Waals surface area contributed by atoms with Crippen molar-refractivity contribution in [2.24, 2.45) is 0 Å². The summed E-state index contributed by atoms with van der Waals surface area (Å²) in [6, 6.07) is 7.41. The van der Waals surface area contributed by atoms with E-state index in [1.807, 2.05) is 24.4 Å². The molecule has 0 saturated carbocycles. The highest BCUT2D eigenvalue weighted by Crippen LogP contribution is 2.15. The van der Waals surface area contributed by atoms with Crippen molar-refractivity contribution in [1.29, 1.82) is 0 Å². The molecule has 0 aromatic carbocycles. The maximum absolute atomic E-state index is 12.3. The Kier molecular flexibility index (Phi) is 3.94. The SMILES string of the molecule is CCN(Cc1cccs1)C(=O)c1ncccc1N. The third-order valence-electron chi connectivity index (χ3n) is 2.64. The molecule has 2 N–H and O–H groups in total. The van der Waals surface area contributed by atoms with Crippen LogP contribution in [0.5, 0.6) is 0 Å². The number of nitrogens with zero attached hydrogens (tertiary/aromatic N) is 2. The highest BCUT2D eigenvalue weighted by Gasteiger charge is 2.18. The zero-order valence-corrected chi connectivity index (χ0v) is 11.0. The van der Waals surface area contributed by atoms with Gasteiger partial charge < -0.3 is 10.6 Å². The van der Waals surface area contributed by atoms with Crippen molar-refractivity contribution in [3.05, 3.63) is 46.4 Å². The highest BCUT2D eigenvalue weighted by atomic mass is 32.1. The van der Waals surface area contributed by atoms with Crippen LogP contribution in [0.3, 0.4) is 0 Å². The maximum Gasteiger partial charge on any atom is 0.274 e. The lowest BCUT2D eigenvalue weighted by molar-refractivity contribution is 0.0749. The largest absolute Gasteiger partial charge is 0.397 e. The number of carbonyl (C=O) groups is 1. The Labute approximate surface area is 110 Å². The molecule has 2 heterocycles. The van der Waals surface area contributed by atoms with Gasteiger partial charge in [-0.15, -0.1) is 11.3 Å². The van der Waals surface area contributed by atoms with E-state index >= 15 is 0 Å². The zero-order chi connectivity index (χ0) is 13.0. The predicted octanol–water partition coefficient (Wildman–Crippen LogP) is 2.39. The molecule has 0 fully saturated rings. The van der Waals surface area contributed by atoms with Gasteiger partial charge in [0.2, 0.25) is 0 Å². The van der Waals surface area contributed by atoms with Gasteiger partial charge in [0.25, 0.3) is 5.91 Å². The van der Waals surface area contributed by atoms with Gasteiger partial charge in [-0.2, -0.15) is 0 Å². The number of nitrogens with two attached hydrogens (primary N) is 1. The average Bonchev–Trinajstić information content (AvgIpc) is 2.88. The van der Waals surface area contributed by atoms with Crippen LogP contribution in [-0.4, -0.2) is 22.3 Å². The van der Waals surface area contributed by atoms with E-state index in [4.69, 9.17) is 5.73 Å². The van der Waals surface area contributed by atoms with Crippen LogP contribution in [0.2, 0.25) is 0 Å². The number of aromatic nitrogens is 1. The molecule has 2 aromatic rings. The van der Waals surface area contributed by atoms with E-state index in [-0.39, 0.29) is 5.91 Å². The van der Waals surface area contributed by atoms with Gasteiger partial charge >= 0.3 is 0 Å². The molecule has 0 radical (unpaired) electrons. The van der Waals surface area contributed by atoms with Gasteiger partial charge in [-0.1, -0.05) is 6.07 Å². The standard InChI is InChI=1S/C13H15N3OS/c1-2-16(9-10-5-4-8-18-10)13(17)12-11(14)6-3-7-15-12/h3-8H,2,9,14H2,1H3. The van der Waals surface area contributed by atoms with Gasteiger partial charge in [0.05, 0.1) is 12.2 Å². The minimum absolute atomic E-state index is 0.121. The predicted molar refractivity (Wildman–Crippen MR) is 73.4 cm³/mol. The summed E-state index contributed by atoms with van der Waals surface area (Å²) in [5.41, 5.74) is 6.53. The molecule has 0 aliphatic rings. The first-order valence-electron chi connectivity index (χ1n) is 5.74. The van der Waals surface area contributed by atoms with Crippen LogP contribution in [0, 0.1) is 0 Å². The first-order valence-corrected chi connectivity index (χ1v) is 6.62. The second-order valence-electron chi connectivity index (χ2n) is 3.84. The Morgan fingerprint density at radius 3 is 2.89 bits per heavy atom. The number of rotatable bonds is 4. The summed E-state index contributed by atoms with van der Waals surface area (Å²) in [5.74, 6) is -0.121. The summed E-state index contributed by atoms with van der Waals surface area (Å²) < 4.78 is 0. The van der Waals surface area contributed by atoms with Crippen molar-refractivity contribution >= 4 is 22.9 Å². The Balaban J connectivity index is 2.18. The van der Waals surface area contributed by atoms with Crippen LogP contribution < -0.4 is 5.73 Å². The normalized spacial score (nSPS) is 10.3. The lowest BCUT2D eigenvalue weighted by Gasteiger charge is -2.20. The second kappa shape index (κ2) is 5.64. The minimum atomic E-state index is -0.121. The van der Waals surface area contributed by atoms with Crippen LogP contribution in [0.1, 0.15) is 22.3 Å². The van der Waals surface area contributed by atoms with Crippen LogP contribution in [0.4, 0.5) is 5.69 Å². The maximum atomic E-state index is 12.3. The van der Waals surface area contributed by atoms with E-state index in [1.54, 1.807) is 34.6 Å². The molecule has 5 heteroatoms. The first-order chi connectivity index (χ1) is 8.72. The van der Waals surface area contributed by atoms with Crippen LogP contribution >= 0.6 is 11.3 Å². The minimum Gasteiger partial charge on any atom is -0.397 e. The topological polar surface area (TPSA) is 59.2 Å². The Morgan fingerprint density at radius 2 is 2.28 bits per heavy atom. The number of anilines is 1. The van der Waals surface area contributed by atoms with Crippen molar-refractivity contribution in [2.75, 3.05) is 12.3 Å². The number of nitrogen functional groups attached to an aromatic ring is 1. The third-order valence-corrected chi connectivity index (χ3v) is 3.50. The van der Waals surface area contributed by atoms with E-state index in [2.05, 4.69) is 4.98 Å². The lowest BCUT2D eigenvalue weighted by Crippen LogP contribution is -2.31. The molecule has 18 heavy (non-hydrogen) atoms. The summed E-state index contributed by atoms with van der Waals surface area (Å²) in [5, 5.41) is 2.00. The van der Waals surface area contributed by atoms with E-state index in [0.717, 1.165) is 4.88 Å². The number of amides is 1. The van der Waals surface area contributed by atoms with Gasteiger partial charge in [-0.3, -0.25) is 4.79 Å². The summed E-state index contributed by atoms with van der Waals surface area (Å²) in [4.78, 5) is 19.3. The number of hydrogen-bond acceptors (Lipinski definition) is 4. The molecule has 1 amide bonds. The highest BCUT2D eigenvalue weighted by molar-refractivity contribution is 7.09. The quantitative estimate of drug-likeness (QED) is 0.919. The molecule has 0 saturated heterocycles. The fourth-order valence-corrected chi connectivity index (χ4v) is 2.38. The molecule has 0 spiro atoms. The molecule has 0 unspecified atom stereocenters. The molecule has 94 valence electrons. The van der Waals surface area contributed by atoms with Crippen LogP contribution in [0.15, 0.2) is 35.8 Å². The van der Waals surface area contributed by atoms with Gasteiger partial charge in [0.1, 0.15) is 0 Å². The van der Waals surface area contributed by atoms with Gasteiger partial charge in [-0.05, 0) is 30.5 Å². The Morgan fingerprint density at radius 1 is 1.44 bits per heavy atom. The zero-order valence-electron chi connectivity index (χ0n) is 10.2. The molecule has 0 aliphatic carbocycles. The summed E-state index contributed by atoms with van der Waals surface area (Å²) in [6.07, 6.45) is 1.59. The number of carbonyl (C=O) groups excluding carboxylic acids is 1. The monoisotopic (exact) mass is 261 g/mol. The Bertz CT molecular complexity index is 525. The van der Waals surface area contributed by atoms with Gasteiger partial charge in [-0.25, -0.2) is 4.98 Å². The van der Waals surface area contributed by atoms with E-state index in [1.165, 1.54) is 0 Å². The number of hydrogen-bond donors (Lipinski definition) is 1. The van der Waals surface area contributed by atoms with Crippen molar-refractivity contribution in [3.8, 4) is 0 Å². The third kappa shape index (κ3) is 2.68. The molecular weight excluding hydrogens is 246 g/mol. The van der Waals surface area contributed by atoms with E-state index in [9.17, 15) is 4.79 Å².